The van der Waals surface area contributed by atoms with Crippen LogP contribution < -0.4 is 5.32 Å². The SMILES string of the molecule is CC1CN(C(=O)c2cc(NC(=O)c3ccccc3Cl)n(C)n2)CC(C)O1. The van der Waals surface area contributed by atoms with Crippen molar-refractivity contribution in [2.45, 2.75) is 26.1 Å². The molecule has 0 saturated carbocycles. The molecule has 26 heavy (non-hydrogen) atoms. The Morgan fingerprint density at radius 3 is 2.54 bits per heavy atom. The number of benzene rings is 1. The molecule has 3 rings (SSSR count). The van der Waals surface area contributed by atoms with Crippen LogP contribution in [0.1, 0.15) is 34.7 Å². The molecule has 1 saturated heterocycles. The molecule has 138 valence electrons. The van der Waals surface area contributed by atoms with E-state index in [1.807, 2.05) is 13.8 Å². The Balaban J connectivity index is 1.76. The van der Waals surface area contributed by atoms with Crippen molar-refractivity contribution in [3.05, 3.63) is 46.6 Å². The van der Waals surface area contributed by atoms with Gasteiger partial charge in [0.05, 0.1) is 22.8 Å². The lowest BCUT2D eigenvalue weighted by Gasteiger charge is -2.34. The van der Waals surface area contributed by atoms with E-state index in [9.17, 15) is 9.59 Å². The first-order chi connectivity index (χ1) is 12.3. The molecule has 1 aromatic heterocycles. The van der Waals surface area contributed by atoms with Gasteiger partial charge in [0.15, 0.2) is 5.69 Å². The lowest BCUT2D eigenvalue weighted by atomic mass is 10.2. The van der Waals surface area contributed by atoms with Crippen molar-refractivity contribution in [3.8, 4) is 0 Å². The van der Waals surface area contributed by atoms with E-state index < -0.39 is 0 Å². The smallest absolute Gasteiger partial charge is 0.274 e. The Bertz CT molecular complexity index is 826. The molecule has 1 aliphatic rings. The molecule has 1 fully saturated rings. The van der Waals surface area contributed by atoms with Crippen LogP contribution in [0.3, 0.4) is 0 Å². The van der Waals surface area contributed by atoms with Gasteiger partial charge in [0.25, 0.3) is 11.8 Å². The molecule has 0 spiro atoms. The van der Waals surface area contributed by atoms with Crippen molar-refractivity contribution in [3.63, 3.8) is 0 Å². The summed E-state index contributed by atoms with van der Waals surface area (Å²) in [4.78, 5) is 26.9. The van der Waals surface area contributed by atoms with E-state index >= 15 is 0 Å². The Morgan fingerprint density at radius 2 is 1.88 bits per heavy atom. The monoisotopic (exact) mass is 376 g/mol. The van der Waals surface area contributed by atoms with Crippen molar-refractivity contribution < 1.29 is 14.3 Å². The van der Waals surface area contributed by atoms with Gasteiger partial charge in [-0.05, 0) is 26.0 Å². The maximum Gasteiger partial charge on any atom is 0.274 e. The number of anilines is 1. The first kappa shape index (κ1) is 18.4. The van der Waals surface area contributed by atoms with Crippen LogP contribution in [0.2, 0.25) is 5.02 Å². The van der Waals surface area contributed by atoms with Gasteiger partial charge in [-0.3, -0.25) is 14.3 Å². The van der Waals surface area contributed by atoms with Crippen molar-refractivity contribution in [1.82, 2.24) is 14.7 Å². The van der Waals surface area contributed by atoms with Crippen LogP contribution in [0.4, 0.5) is 5.82 Å². The third kappa shape index (κ3) is 3.89. The number of nitrogens with one attached hydrogen (secondary N) is 1. The largest absolute Gasteiger partial charge is 0.372 e. The van der Waals surface area contributed by atoms with E-state index in [-0.39, 0.29) is 29.7 Å². The number of carbonyl (C=O) groups is 2. The summed E-state index contributed by atoms with van der Waals surface area (Å²) in [7, 11) is 1.67. The Morgan fingerprint density at radius 1 is 1.23 bits per heavy atom. The molecular formula is C18H21ClN4O3. The maximum atomic E-state index is 12.7. The summed E-state index contributed by atoms with van der Waals surface area (Å²) in [6, 6.07) is 8.35. The second kappa shape index (κ2) is 7.47. The second-order valence-electron chi connectivity index (χ2n) is 6.44. The van der Waals surface area contributed by atoms with E-state index in [4.69, 9.17) is 16.3 Å². The van der Waals surface area contributed by atoms with Crippen LogP contribution in [0.15, 0.2) is 30.3 Å². The number of aromatic nitrogens is 2. The highest BCUT2D eigenvalue weighted by Crippen LogP contribution is 2.19. The number of hydrogen-bond acceptors (Lipinski definition) is 4. The van der Waals surface area contributed by atoms with Gasteiger partial charge in [0, 0.05) is 26.2 Å². The second-order valence-corrected chi connectivity index (χ2v) is 6.85. The summed E-state index contributed by atoms with van der Waals surface area (Å²) in [5.41, 5.74) is 0.641. The summed E-state index contributed by atoms with van der Waals surface area (Å²) in [6.07, 6.45) is -0.0448. The molecule has 1 aliphatic heterocycles. The van der Waals surface area contributed by atoms with Crippen molar-refractivity contribution >= 4 is 29.2 Å². The minimum Gasteiger partial charge on any atom is -0.372 e. The minimum absolute atomic E-state index is 0.0224. The number of carbonyl (C=O) groups excluding carboxylic acids is 2. The van der Waals surface area contributed by atoms with Crippen LogP contribution in [0, 0.1) is 0 Å². The zero-order valence-electron chi connectivity index (χ0n) is 14.9. The zero-order chi connectivity index (χ0) is 18.8. The number of nitrogens with zero attached hydrogens (tertiary/aromatic N) is 3. The number of aryl methyl sites for hydroxylation is 1. The minimum atomic E-state index is -0.355. The normalized spacial score (nSPS) is 20.1. The topological polar surface area (TPSA) is 76.5 Å². The Hall–Kier alpha value is -2.38. The molecule has 1 aromatic carbocycles. The van der Waals surface area contributed by atoms with Crippen LogP contribution in [-0.2, 0) is 11.8 Å². The number of rotatable bonds is 3. The lowest BCUT2D eigenvalue weighted by molar-refractivity contribution is -0.0587. The Labute approximate surface area is 156 Å². The fraction of sp³-hybridized carbons (Fsp3) is 0.389. The van der Waals surface area contributed by atoms with Crippen LogP contribution in [0.25, 0.3) is 0 Å². The van der Waals surface area contributed by atoms with Crippen LogP contribution >= 0.6 is 11.6 Å². The number of ether oxygens (including phenoxy) is 1. The molecule has 2 atom stereocenters. The third-order valence-corrected chi connectivity index (χ3v) is 4.50. The van der Waals surface area contributed by atoms with Gasteiger partial charge >= 0.3 is 0 Å². The van der Waals surface area contributed by atoms with Crippen molar-refractivity contribution in [2.75, 3.05) is 18.4 Å². The number of halogens is 1. The summed E-state index contributed by atoms with van der Waals surface area (Å²) in [5, 5.41) is 7.35. The molecular weight excluding hydrogens is 356 g/mol. The number of amides is 2. The zero-order valence-corrected chi connectivity index (χ0v) is 15.7. The van der Waals surface area contributed by atoms with Gasteiger partial charge in [0.1, 0.15) is 5.82 Å². The van der Waals surface area contributed by atoms with Gasteiger partial charge in [-0.1, -0.05) is 23.7 Å². The molecule has 2 unspecified atom stereocenters. The fourth-order valence-electron chi connectivity index (χ4n) is 3.02. The lowest BCUT2D eigenvalue weighted by Crippen LogP contribution is -2.48. The fourth-order valence-corrected chi connectivity index (χ4v) is 3.25. The highest BCUT2D eigenvalue weighted by Gasteiger charge is 2.28. The molecule has 8 heteroatoms. The van der Waals surface area contributed by atoms with Crippen LogP contribution in [-0.4, -0.2) is 51.8 Å². The molecule has 2 heterocycles. The predicted molar refractivity (Wildman–Crippen MR) is 98.5 cm³/mol. The first-order valence-electron chi connectivity index (χ1n) is 8.40. The van der Waals surface area contributed by atoms with E-state index in [2.05, 4.69) is 10.4 Å². The van der Waals surface area contributed by atoms with Gasteiger partial charge in [-0.15, -0.1) is 0 Å². The first-order valence-corrected chi connectivity index (χ1v) is 8.77. The van der Waals surface area contributed by atoms with E-state index in [1.54, 1.807) is 42.3 Å². The van der Waals surface area contributed by atoms with Crippen LogP contribution in [0.5, 0.6) is 0 Å². The van der Waals surface area contributed by atoms with Gasteiger partial charge in [0.2, 0.25) is 0 Å². The highest BCUT2D eigenvalue weighted by atomic mass is 35.5. The molecule has 1 N–H and O–H groups in total. The van der Waals surface area contributed by atoms with Gasteiger partial charge in [-0.25, -0.2) is 0 Å². The van der Waals surface area contributed by atoms with Gasteiger partial charge in [-0.2, -0.15) is 5.10 Å². The summed E-state index contributed by atoms with van der Waals surface area (Å²) in [5.74, 6) is -0.111. The number of hydrogen-bond donors (Lipinski definition) is 1. The molecule has 0 bridgehead atoms. The average molecular weight is 377 g/mol. The van der Waals surface area contributed by atoms with Crippen molar-refractivity contribution in [2.24, 2.45) is 7.05 Å². The maximum absolute atomic E-state index is 12.7. The predicted octanol–water partition coefficient (Wildman–Crippen LogP) is 2.58. The quantitative estimate of drug-likeness (QED) is 0.893. The van der Waals surface area contributed by atoms with E-state index in [0.717, 1.165) is 0 Å². The third-order valence-electron chi connectivity index (χ3n) is 4.17. The molecule has 7 nitrogen and oxygen atoms in total. The van der Waals surface area contributed by atoms with E-state index in [1.165, 1.54) is 4.68 Å². The molecule has 0 radical (unpaired) electrons. The number of morpholine rings is 1. The Kier molecular flexibility index (Phi) is 5.29. The summed E-state index contributed by atoms with van der Waals surface area (Å²) in [6.45, 7) is 4.90. The molecule has 0 aliphatic carbocycles. The average Bonchev–Trinajstić information content (AvgIpc) is 2.94. The highest BCUT2D eigenvalue weighted by molar-refractivity contribution is 6.34. The van der Waals surface area contributed by atoms with Gasteiger partial charge < -0.3 is 15.0 Å². The molecule has 2 aromatic rings. The van der Waals surface area contributed by atoms with E-state index in [0.29, 0.717) is 29.5 Å². The van der Waals surface area contributed by atoms with Crippen molar-refractivity contribution in [1.29, 1.82) is 0 Å². The molecule has 2 amide bonds. The summed E-state index contributed by atoms with van der Waals surface area (Å²) < 4.78 is 7.12. The standard InChI is InChI=1S/C18H21ClN4O3/c1-11-9-23(10-12(2)26-11)18(25)15-8-16(22(3)21-15)20-17(24)13-6-4-5-7-14(13)19/h4-8,11-12H,9-10H2,1-3H3,(H,20,24). The summed E-state index contributed by atoms with van der Waals surface area (Å²) >= 11 is 6.05.